The molecule has 0 aliphatic carbocycles. The average Bonchev–Trinajstić information content (AvgIpc) is 3.26. The number of aromatic nitrogens is 4. The molecule has 1 atom stereocenters. The first-order chi connectivity index (χ1) is 16.1. The summed E-state index contributed by atoms with van der Waals surface area (Å²) < 4.78 is 26.0. The van der Waals surface area contributed by atoms with Crippen molar-refractivity contribution < 1.29 is 8.60 Å². The number of hydrogen-bond acceptors (Lipinski definition) is 4. The maximum Gasteiger partial charge on any atom is 0.272 e. The highest BCUT2D eigenvalue weighted by atomic mass is 32.2. The first-order valence-electron chi connectivity index (χ1n) is 10.5. The van der Waals surface area contributed by atoms with Crippen molar-refractivity contribution in [3.8, 4) is 0 Å². The molecule has 0 saturated carbocycles. The van der Waals surface area contributed by atoms with Crippen molar-refractivity contribution in [3.63, 3.8) is 0 Å². The lowest BCUT2D eigenvalue weighted by Crippen LogP contribution is -2.46. The van der Waals surface area contributed by atoms with Gasteiger partial charge in [-0.2, -0.15) is 0 Å². The van der Waals surface area contributed by atoms with Gasteiger partial charge in [0.15, 0.2) is 0 Å². The minimum atomic E-state index is -1.52. The molecule has 0 aliphatic heterocycles. The number of rotatable bonds is 4. The van der Waals surface area contributed by atoms with Crippen LogP contribution in [-0.2, 0) is 16.2 Å². The molecule has 0 saturated heterocycles. The normalized spacial score (nSPS) is 13.9. The van der Waals surface area contributed by atoms with Gasteiger partial charge in [0.05, 0.1) is 22.8 Å². The fourth-order valence-corrected chi connectivity index (χ4v) is 4.53. The van der Waals surface area contributed by atoms with E-state index >= 15 is 0 Å². The summed E-state index contributed by atoms with van der Waals surface area (Å²) in [6.45, 7) is 6.04. The Balaban J connectivity index is 1.72. The summed E-state index contributed by atoms with van der Waals surface area (Å²) >= 11 is 0. The van der Waals surface area contributed by atoms with Crippen molar-refractivity contribution in [2.24, 2.45) is 0 Å². The summed E-state index contributed by atoms with van der Waals surface area (Å²) in [5.41, 5.74) is 0.814. The highest BCUT2D eigenvalue weighted by Crippen LogP contribution is 2.23. The Labute approximate surface area is 196 Å². The Hall–Kier alpha value is -3.85. The molecule has 2 aromatic carbocycles. The number of aromatic amines is 3. The zero-order valence-electron chi connectivity index (χ0n) is 18.8. The van der Waals surface area contributed by atoms with E-state index in [4.69, 9.17) is 0 Å². The van der Waals surface area contributed by atoms with Crippen LogP contribution >= 0.6 is 0 Å². The molecule has 4 rings (SSSR count). The van der Waals surface area contributed by atoms with Gasteiger partial charge in [0.25, 0.3) is 11.1 Å². The maximum absolute atomic E-state index is 13.2. The molecule has 4 aromatic rings. The monoisotopic (exact) mass is 478 g/mol. The van der Waals surface area contributed by atoms with Crippen LogP contribution < -0.4 is 21.8 Å². The second-order valence-electron chi connectivity index (χ2n) is 8.73. The second-order valence-corrected chi connectivity index (χ2v) is 10.2. The van der Waals surface area contributed by atoms with Crippen LogP contribution in [0.1, 0.15) is 37.7 Å². The lowest BCUT2D eigenvalue weighted by Gasteiger charge is -2.16. The van der Waals surface area contributed by atoms with Crippen LogP contribution in [0.3, 0.4) is 0 Å². The van der Waals surface area contributed by atoms with Gasteiger partial charge in [-0.25, -0.2) is 13.6 Å². The van der Waals surface area contributed by atoms with Crippen LogP contribution in [0.5, 0.6) is 0 Å². The zero-order valence-corrected chi connectivity index (χ0v) is 19.6. The molecule has 0 aliphatic rings. The predicted octanol–water partition coefficient (Wildman–Crippen LogP) is 2.05. The number of H-pyrrole nitrogens is 3. The Kier molecular flexibility index (Phi) is 6.30. The SMILES string of the molecule is CC(C)(C)c1[nH]cnc1/C=c1\[nH]c(=O)/c(=C/c2cccc(S(=O)c3ccc(F)cc3)c2)[nH]c1=O. The van der Waals surface area contributed by atoms with E-state index in [1.807, 2.05) is 20.8 Å². The van der Waals surface area contributed by atoms with Gasteiger partial charge < -0.3 is 15.0 Å². The van der Waals surface area contributed by atoms with Gasteiger partial charge in [-0.15, -0.1) is 0 Å². The number of hydrogen-bond donors (Lipinski definition) is 3. The molecule has 2 aromatic heterocycles. The van der Waals surface area contributed by atoms with Crippen molar-refractivity contribution in [3.05, 3.63) is 109 Å². The number of nitrogens with zero attached hydrogens (tertiary/aromatic N) is 1. The van der Waals surface area contributed by atoms with Gasteiger partial charge in [0, 0.05) is 20.9 Å². The first kappa shape index (κ1) is 23.3. The van der Waals surface area contributed by atoms with Crippen molar-refractivity contribution in [2.75, 3.05) is 0 Å². The van der Waals surface area contributed by atoms with Gasteiger partial charge in [0.2, 0.25) is 0 Å². The molecular formula is C25H23FN4O3S. The minimum Gasteiger partial charge on any atom is -0.348 e. The van der Waals surface area contributed by atoms with Gasteiger partial charge in [-0.3, -0.25) is 9.59 Å². The van der Waals surface area contributed by atoms with E-state index in [2.05, 4.69) is 19.9 Å². The molecule has 1 unspecified atom stereocenters. The molecule has 0 spiro atoms. The minimum absolute atomic E-state index is 0.0601. The molecule has 2 heterocycles. The number of halogens is 1. The van der Waals surface area contributed by atoms with Crippen LogP contribution in [0, 0.1) is 5.82 Å². The van der Waals surface area contributed by atoms with Crippen LogP contribution in [0.2, 0.25) is 0 Å². The highest BCUT2D eigenvalue weighted by molar-refractivity contribution is 7.85. The van der Waals surface area contributed by atoms with Crippen molar-refractivity contribution in [1.29, 1.82) is 0 Å². The fourth-order valence-electron chi connectivity index (χ4n) is 3.43. The number of imidazole rings is 1. The van der Waals surface area contributed by atoms with Crippen LogP contribution in [0.15, 0.2) is 74.2 Å². The largest absolute Gasteiger partial charge is 0.348 e. The molecule has 0 radical (unpaired) electrons. The summed E-state index contributed by atoms with van der Waals surface area (Å²) in [5, 5.41) is 0.149. The molecule has 3 N–H and O–H groups in total. The molecule has 0 bridgehead atoms. The molecule has 0 amide bonds. The van der Waals surface area contributed by atoms with Gasteiger partial charge >= 0.3 is 0 Å². The van der Waals surface area contributed by atoms with E-state index in [9.17, 15) is 18.2 Å². The lowest BCUT2D eigenvalue weighted by molar-refractivity contribution is 0.571. The quantitative estimate of drug-likeness (QED) is 0.417. The Morgan fingerprint density at radius 2 is 1.56 bits per heavy atom. The van der Waals surface area contributed by atoms with E-state index in [0.29, 0.717) is 21.0 Å². The summed E-state index contributed by atoms with van der Waals surface area (Å²) in [7, 11) is -1.52. The average molecular weight is 479 g/mol. The van der Waals surface area contributed by atoms with Gasteiger partial charge in [-0.05, 0) is 54.1 Å². The smallest absolute Gasteiger partial charge is 0.272 e. The van der Waals surface area contributed by atoms with Crippen molar-refractivity contribution in [1.82, 2.24) is 19.9 Å². The summed E-state index contributed by atoms with van der Waals surface area (Å²) in [4.78, 5) is 38.8. The summed E-state index contributed by atoms with van der Waals surface area (Å²) in [6, 6.07) is 12.2. The van der Waals surface area contributed by atoms with Crippen LogP contribution in [-0.4, -0.2) is 24.1 Å². The third kappa shape index (κ3) is 5.04. The molecule has 0 fully saturated rings. The zero-order chi connectivity index (χ0) is 24.5. The molecule has 174 valence electrons. The molecular weight excluding hydrogens is 455 g/mol. The van der Waals surface area contributed by atoms with Gasteiger partial charge in [0.1, 0.15) is 16.5 Å². The first-order valence-corrected chi connectivity index (χ1v) is 11.6. The summed E-state index contributed by atoms with van der Waals surface area (Å²) in [6.07, 6.45) is 4.59. The van der Waals surface area contributed by atoms with E-state index in [0.717, 1.165) is 5.69 Å². The highest BCUT2D eigenvalue weighted by Gasteiger charge is 2.19. The number of benzene rings is 2. The number of nitrogens with one attached hydrogen (secondary N) is 3. The molecule has 34 heavy (non-hydrogen) atoms. The molecule has 9 heteroatoms. The van der Waals surface area contributed by atoms with E-state index in [1.165, 1.54) is 36.4 Å². The standard InChI is InChI=1S/C25H23FN4O3S/c1-25(2,3)22-19(27-14-28-22)13-21-24(32)29-20(23(31)30-21)12-15-5-4-6-18(11-15)34(33)17-9-7-16(26)8-10-17/h4-14H,1-3H3,(H,27,28)(H,29,32)(H,30,31)/b20-12-,21-13-. The topological polar surface area (TPSA) is 111 Å². The van der Waals surface area contributed by atoms with Crippen molar-refractivity contribution >= 4 is 23.0 Å². The van der Waals surface area contributed by atoms with E-state index in [-0.39, 0.29) is 16.1 Å². The van der Waals surface area contributed by atoms with Crippen LogP contribution in [0.25, 0.3) is 12.2 Å². The Bertz CT molecular complexity index is 1610. The lowest BCUT2D eigenvalue weighted by atomic mass is 9.90. The second kappa shape index (κ2) is 9.18. The van der Waals surface area contributed by atoms with Crippen molar-refractivity contribution in [2.45, 2.75) is 36.0 Å². The third-order valence-corrected chi connectivity index (χ3v) is 6.48. The van der Waals surface area contributed by atoms with E-state index < -0.39 is 27.7 Å². The van der Waals surface area contributed by atoms with Crippen LogP contribution in [0.4, 0.5) is 4.39 Å². The summed E-state index contributed by atoms with van der Waals surface area (Å²) in [5.74, 6) is -0.409. The predicted molar refractivity (Wildman–Crippen MR) is 129 cm³/mol. The maximum atomic E-state index is 13.2. The van der Waals surface area contributed by atoms with E-state index in [1.54, 1.807) is 30.6 Å². The molecule has 7 nitrogen and oxygen atoms in total. The van der Waals surface area contributed by atoms with Gasteiger partial charge in [-0.1, -0.05) is 32.9 Å². The Morgan fingerprint density at radius 3 is 2.21 bits per heavy atom. The fraction of sp³-hybridized carbons (Fsp3) is 0.160. The third-order valence-electron chi connectivity index (χ3n) is 5.10. The Morgan fingerprint density at radius 1 is 0.912 bits per heavy atom.